The van der Waals surface area contributed by atoms with Gasteiger partial charge in [-0.05, 0) is 32.9 Å². The van der Waals surface area contributed by atoms with Gasteiger partial charge in [0.1, 0.15) is 5.52 Å². The molecule has 0 saturated heterocycles. The zero-order valence-corrected chi connectivity index (χ0v) is 20.1. The summed E-state index contributed by atoms with van der Waals surface area (Å²) in [4.78, 5) is 9.28. The van der Waals surface area contributed by atoms with Crippen molar-refractivity contribution >= 4 is 22.8 Å². The number of fused-ring (bicyclic) bond motifs is 1. The van der Waals surface area contributed by atoms with Crippen molar-refractivity contribution in [3.63, 3.8) is 0 Å². The fraction of sp³-hybridized carbons (Fsp3) is 0.240. The van der Waals surface area contributed by atoms with Crippen molar-refractivity contribution in [2.24, 2.45) is 0 Å². The molecule has 0 aliphatic rings. The lowest BCUT2D eigenvalue weighted by Crippen LogP contribution is -2.05. The summed E-state index contributed by atoms with van der Waals surface area (Å²) in [6.45, 7) is 5.96. The average molecular weight is 461 g/mol. The number of rotatable bonds is 8. The third-order valence-electron chi connectivity index (χ3n) is 5.43. The molecule has 0 amide bonds. The van der Waals surface area contributed by atoms with Crippen molar-refractivity contribution in [3.05, 3.63) is 60.1 Å². The molecule has 0 fully saturated rings. The number of nitrogens with one attached hydrogen (secondary N) is 2. The van der Waals surface area contributed by atoms with Crippen molar-refractivity contribution in [1.82, 2.24) is 19.6 Å². The van der Waals surface area contributed by atoms with E-state index in [9.17, 15) is 0 Å². The van der Waals surface area contributed by atoms with E-state index in [0.717, 1.165) is 34.0 Å². The Labute approximate surface area is 198 Å². The molecule has 0 bridgehead atoms. The highest BCUT2D eigenvalue weighted by molar-refractivity contribution is 5.77. The normalized spacial score (nSPS) is 11.4. The minimum Gasteiger partial charge on any atom is -0.493 e. The standard InChI is InChI=1S/C25H28N6O3/c1-7-15(2)27-19-11-9-8-10-18(19)24-28-16(3)20-14-26-25(30-31(20)24)29-17-12-21(32-4)23(34-6)22(13-17)33-5/h7-14,27H,1-6H3,(H,29,30)/b15-7+. The first-order valence-corrected chi connectivity index (χ1v) is 10.8. The molecule has 0 aliphatic carbocycles. The number of aromatic nitrogens is 4. The summed E-state index contributed by atoms with van der Waals surface area (Å²) < 4.78 is 18.1. The molecule has 34 heavy (non-hydrogen) atoms. The van der Waals surface area contributed by atoms with Gasteiger partial charge >= 0.3 is 0 Å². The molecule has 9 nitrogen and oxygen atoms in total. The molecular weight excluding hydrogens is 432 g/mol. The van der Waals surface area contributed by atoms with Gasteiger partial charge in [0.2, 0.25) is 11.7 Å². The molecule has 176 valence electrons. The zero-order chi connectivity index (χ0) is 24.2. The third kappa shape index (κ3) is 4.32. The first kappa shape index (κ1) is 22.9. The lowest BCUT2D eigenvalue weighted by molar-refractivity contribution is 0.324. The second kappa shape index (κ2) is 9.70. The summed E-state index contributed by atoms with van der Waals surface area (Å²) in [6.07, 6.45) is 3.78. The van der Waals surface area contributed by atoms with Crippen LogP contribution in [-0.4, -0.2) is 40.9 Å². The van der Waals surface area contributed by atoms with Crippen LogP contribution in [0.3, 0.4) is 0 Å². The highest BCUT2D eigenvalue weighted by Gasteiger charge is 2.17. The monoisotopic (exact) mass is 460 g/mol. The number of nitrogens with zero attached hydrogens (tertiary/aromatic N) is 4. The van der Waals surface area contributed by atoms with Gasteiger partial charge in [-0.25, -0.2) is 14.5 Å². The molecule has 0 unspecified atom stereocenters. The van der Waals surface area contributed by atoms with E-state index in [2.05, 4.69) is 15.6 Å². The average Bonchev–Trinajstić information content (AvgIpc) is 3.18. The molecule has 2 N–H and O–H groups in total. The lowest BCUT2D eigenvalue weighted by atomic mass is 10.1. The number of hydrogen-bond acceptors (Lipinski definition) is 8. The molecule has 0 saturated carbocycles. The number of aryl methyl sites for hydroxylation is 1. The van der Waals surface area contributed by atoms with Crippen LogP contribution in [-0.2, 0) is 0 Å². The van der Waals surface area contributed by atoms with Gasteiger partial charge in [0.25, 0.3) is 0 Å². The second-order valence-corrected chi connectivity index (χ2v) is 7.58. The van der Waals surface area contributed by atoms with Crippen LogP contribution < -0.4 is 24.8 Å². The van der Waals surface area contributed by atoms with Crippen LogP contribution in [0.1, 0.15) is 19.5 Å². The van der Waals surface area contributed by atoms with Crippen LogP contribution in [0.25, 0.3) is 16.9 Å². The summed E-state index contributed by atoms with van der Waals surface area (Å²) in [5, 5.41) is 11.4. The molecule has 0 radical (unpaired) electrons. The molecule has 2 aromatic carbocycles. The highest BCUT2D eigenvalue weighted by atomic mass is 16.5. The van der Waals surface area contributed by atoms with Gasteiger partial charge in [0.05, 0.1) is 33.2 Å². The molecule has 9 heteroatoms. The van der Waals surface area contributed by atoms with E-state index in [1.54, 1.807) is 44.2 Å². The molecule has 0 spiro atoms. The van der Waals surface area contributed by atoms with Crippen LogP contribution in [0.2, 0.25) is 0 Å². The number of anilines is 3. The zero-order valence-electron chi connectivity index (χ0n) is 20.1. The van der Waals surface area contributed by atoms with Crippen molar-refractivity contribution in [3.8, 4) is 28.6 Å². The molecular formula is C25H28N6O3. The Kier molecular flexibility index (Phi) is 6.53. The number of hydrogen-bond donors (Lipinski definition) is 2. The number of benzene rings is 2. The lowest BCUT2D eigenvalue weighted by Gasteiger charge is -2.15. The maximum atomic E-state index is 5.45. The number of imidazole rings is 1. The summed E-state index contributed by atoms with van der Waals surface area (Å²) in [5.41, 5.74) is 5.28. The van der Waals surface area contributed by atoms with Crippen molar-refractivity contribution in [2.45, 2.75) is 20.8 Å². The van der Waals surface area contributed by atoms with Gasteiger partial charge in [0.15, 0.2) is 17.3 Å². The topological polar surface area (TPSA) is 94.8 Å². The fourth-order valence-electron chi connectivity index (χ4n) is 3.61. The molecule has 4 aromatic rings. The smallest absolute Gasteiger partial charge is 0.245 e. The number of allylic oxidation sites excluding steroid dienone is 2. The first-order chi connectivity index (χ1) is 16.5. The number of methoxy groups -OCH3 is 3. The molecule has 0 aliphatic heterocycles. The summed E-state index contributed by atoms with van der Waals surface area (Å²) in [5.74, 6) is 2.69. The van der Waals surface area contributed by atoms with Crippen LogP contribution in [0.15, 0.2) is 54.4 Å². The summed E-state index contributed by atoms with van der Waals surface area (Å²) >= 11 is 0. The molecule has 2 aromatic heterocycles. The molecule has 4 rings (SSSR count). The largest absolute Gasteiger partial charge is 0.493 e. The maximum Gasteiger partial charge on any atom is 0.245 e. The predicted octanol–water partition coefficient (Wildman–Crippen LogP) is 5.20. The van der Waals surface area contributed by atoms with Gasteiger partial charge in [-0.2, -0.15) is 0 Å². The van der Waals surface area contributed by atoms with E-state index in [1.165, 1.54) is 0 Å². The van der Waals surface area contributed by atoms with E-state index >= 15 is 0 Å². The SMILES string of the molecule is C/C=C(\C)Nc1ccccc1-c1nc(C)c2cnc(Nc3cc(OC)c(OC)c(OC)c3)nn12. The Balaban J connectivity index is 1.78. The van der Waals surface area contributed by atoms with Crippen molar-refractivity contribution in [1.29, 1.82) is 0 Å². The Bertz CT molecular complexity index is 1340. The van der Waals surface area contributed by atoms with Gasteiger partial charge in [-0.3, -0.25) is 0 Å². The van der Waals surface area contributed by atoms with Crippen molar-refractivity contribution < 1.29 is 14.2 Å². The van der Waals surface area contributed by atoms with Crippen LogP contribution >= 0.6 is 0 Å². The van der Waals surface area contributed by atoms with E-state index < -0.39 is 0 Å². The van der Waals surface area contributed by atoms with Gasteiger partial charge in [-0.15, -0.1) is 5.10 Å². The molecule has 2 heterocycles. The van der Waals surface area contributed by atoms with Gasteiger partial charge < -0.3 is 24.8 Å². The van der Waals surface area contributed by atoms with Crippen LogP contribution in [0, 0.1) is 6.92 Å². The van der Waals surface area contributed by atoms with E-state index in [1.807, 2.05) is 51.1 Å². The van der Waals surface area contributed by atoms with Gasteiger partial charge in [-0.1, -0.05) is 18.2 Å². The van der Waals surface area contributed by atoms with Gasteiger partial charge in [0, 0.05) is 34.8 Å². The maximum absolute atomic E-state index is 5.45. The van der Waals surface area contributed by atoms with Crippen LogP contribution in [0.5, 0.6) is 17.2 Å². The summed E-state index contributed by atoms with van der Waals surface area (Å²) in [6, 6.07) is 11.6. The van der Waals surface area contributed by atoms with Crippen LogP contribution in [0.4, 0.5) is 17.3 Å². The molecule has 0 atom stereocenters. The minimum absolute atomic E-state index is 0.399. The predicted molar refractivity (Wildman–Crippen MR) is 133 cm³/mol. The van der Waals surface area contributed by atoms with E-state index in [0.29, 0.717) is 28.9 Å². The Morgan fingerprint density at radius 3 is 2.38 bits per heavy atom. The quantitative estimate of drug-likeness (QED) is 0.370. The number of ether oxygens (including phenoxy) is 3. The third-order valence-corrected chi connectivity index (χ3v) is 5.43. The second-order valence-electron chi connectivity index (χ2n) is 7.58. The Hall–Kier alpha value is -4.27. The van der Waals surface area contributed by atoms with E-state index in [-0.39, 0.29) is 0 Å². The fourth-order valence-corrected chi connectivity index (χ4v) is 3.61. The minimum atomic E-state index is 0.399. The first-order valence-electron chi connectivity index (χ1n) is 10.8. The van der Waals surface area contributed by atoms with E-state index in [4.69, 9.17) is 24.3 Å². The summed E-state index contributed by atoms with van der Waals surface area (Å²) in [7, 11) is 4.72. The number of para-hydroxylation sites is 1. The van der Waals surface area contributed by atoms with Crippen molar-refractivity contribution in [2.75, 3.05) is 32.0 Å². The highest BCUT2D eigenvalue weighted by Crippen LogP contribution is 2.40. The Morgan fingerprint density at radius 1 is 1.03 bits per heavy atom. The Morgan fingerprint density at radius 2 is 1.74 bits per heavy atom.